The van der Waals surface area contributed by atoms with Gasteiger partial charge in [-0.3, -0.25) is 19.8 Å². The average Bonchev–Trinajstić information content (AvgIpc) is 2.77. The first-order valence-corrected chi connectivity index (χ1v) is 10.3. The Morgan fingerprint density at radius 3 is 2.56 bits per heavy atom. The van der Waals surface area contributed by atoms with Crippen LogP contribution >= 0.6 is 23.8 Å². The fourth-order valence-electron chi connectivity index (χ4n) is 3.18. The van der Waals surface area contributed by atoms with Crippen LogP contribution in [0, 0.1) is 5.82 Å². The van der Waals surface area contributed by atoms with E-state index in [0.717, 1.165) is 0 Å². The molecule has 0 aromatic heterocycles. The quantitative estimate of drug-likeness (QED) is 0.330. The van der Waals surface area contributed by atoms with E-state index in [2.05, 4.69) is 5.32 Å². The van der Waals surface area contributed by atoms with Crippen molar-refractivity contribution in [1.29, 1.82) is 0 Å². The molecule has 32 heavy (non-hydrogen) atoms. The number of benzene rings is 3. The minimum Gasteiger partial charge on any atom is -0.488 e. The second kappa shape index (κ2) is 9.30. The lowest BCUT2D eigenvalue weighted by Crippen LogP contribution is -2.54. The molecule has 0 aliphatic carbocycles. The van der Waals surface area contributed by atoms with Crippen molar-refractivity contribution in [3.63, 3.8) is 0 Å². The van der Waals surface area contributed by atoms with Crippen LogP contribution < -0.4 is 15.0 Å². The second-order valence-corrected chi connectivity index (χ2v) is 7.72. The molecule has 0 radical (unpaired) electrons. The number of ether oxygens (including phenoxy) is 1. The van der Waals surface area contributed by atoms with Gasteiger partial charge in [0.1, 0.15) is 23.7 Å². The van der Waals surface area contributed by atoms with Gasteiger partial charge in [0.15, 0.2) is 5.11 Å². The molecule has 3 aromatic carbocycles. The van der Waals surface area contributed by atoms with Crippen molar-refractivity contribution in [3.05, 3.63) is 100 Å². The van der Waals surface area contributed by atoms with Gasteiger partial charge in [-0.05, 0) is 66.3 Å². The van der Waals surface area contributed by atoms with Gasteiger partial charge in [-0.15, -0.1) is 0 Å². The molecule has 1 aliphatic heterocycles. The summed E-state index contributed by atoms with van der Waals surface area (Å²) in [6.45, 7) is 0.0932. The summed E-state index contributed by atoms with van der Waals surface area (Å²) in [5.74, 6) is -1.18. The number of hydrogen-bond donors (Lipinski definition) is 1. The smallest absolute Gasteiger partial charge is 0.270 e. The van der Waals surface area contributed by atoms with Gasteiger partial charge in [0.25, 0.3) is 11.8 Å². The molecule has 4 rings (SSSR count). The summed E-state index contributed by atoms with van der Waals surface area (Å²) in [7, 11) is 0. The highest BCUT2D eigenvalue weighted by molar-refractivity contribution is 7.80. The Morgan fingerprint density at radius 2 is 1.81 bits per heavy atom. The lowest BCUT2D eigenvalue weighted by atomic mass is 10.1. The van der Waals surface area contributed by atoms with Crippen molar-refractivity contribution >= 4 is 52.5 Å². The van der Waals surface area contributed by atoms with E-state index in [4.69, 9.17) is 28.6 Å². The van der Waals surface area contributed by atoms with E-state index in [1.54, 1.807) is 54.6 Å². The summed E-state index contributed by atoms with van der Waals surface area (Å²) < 4.78 is 19.3. The van der Waals surface area contributed by atoms with Crippen molar-refractivity contribution in [1.82, 2.24) is 5.32 Å². The number of nitrogens with zero attached hydrogens (tertiary/aromatic N) is 1. The zero-order valence-electron chi connectivity index (χ0n) is 16.5. The molecular formula is C24H16ClFN2O3S. The summed E-state index contributed by atoms with van der Waals surface area (Å²) in [5.41, 5.74) is 1.46. The number of carbonyl (C=O) groups is 2. The molecule has 2 amide bonds. The fraction of sp³-hybridized carbons (Fsp3) is 0.0417. The second-order valence-electron chi connectivity index (χ2n) is 6.89. The number of nitrogens with one attached hydrogen (secondary N) is 1. The van der Waals surface area contributed by atoms with Crippen LogP contribution in [0.5, 0.6) is 5.75 Å². The minimum atomic E-state index is -0.622. The molecule has 1 fully saturated rings. The molecule has 160 valence electrons. The molecule has 5 nitrogen and oxygen atoms in total. The molecule has 0 spiro atoms. The number of thiocarbonyl (C=S) groups is 1. The normalized spacial score (nSPS) is 15.1. The maximum atomic E-state index is 13.4. The monoisotopic (exact) mass is 466 g/mol. The Labute approximate surface area is 194 Å². The Kier molecular flexibility index (Phi) is 6.30. The zero-order chi connectivity index (χ0) is 22.7. The standard InChI is InChI=1S/C24H16ClFN2O3S/c25-17-9-10-21(31-14-15-5-4-6-18(26)11-15)16(12-17)13-20-22(29)27-24(32)28(23(20)30)19-7-2-1-3-8-19/h1-13H,14H2,(H,27,29,32)/b20-13-. The van der Waals surface area contributed by atoms with Crippen molar-refractivity contribution in [2.24, 2.45) is 0 Å². The third-order valence-electron chi connectivity index (χ3n) is 4.67. The Morgan fingerprint density at radius 1 is 1.03 bits per heavy atom. The van der Waals surface area contributed by atoms with Crippen molar-refractivity contribution in [3.8, 4) is 5.75 Å². The summed E-state index contributed by atoms with van der Waals surface area (Å²) in [4.78, 5) is 27.0. The van der Waals surface area contributed by atoms with Gasteiger partial charge in [-0.25, -0.2) is 4.39 Å². The van der Waals surface area contributed by atoms with Gasteiger partial charge in [-0.2, -0.15) is 0 Å². The van der Waals surface area contributed by atoms with Crippen LogP contribution in [0.2, 0.25) is 5.02 Å². The van der Waals surface area contributed by atoms with Crippen LogP contribution in [0.4, 0.5) is 10.1 Å². The van der Waals surface area contributed by atoms with Crippen molar-refractivity contribution < 1.29 is 18.7 Å². The molecule has 3 aromatic rings. The maximum Gasteiger partial charge on any atom is 0.270 e. The lowest BCUT2D eigenvalue weighted by Gasteiger charge is -2.29. The number of anilines is 1. The van der Waals surface area contributed by atoms with E-state index in [1.807, 2.05) is 6.07 Å². The van der Waals surface area contributed by atoms with E-state index < -0.39 is 11.8 Å². The Balaban J connectivity index is 1.67. The van der Waals surface area contributed by atoms with Gasteiger partial charge in [0.05, 0.1) is 5.69 Å². The van der Waals surface area contributed by atoms with Crippen LogP contribution in [0.3, 0.4) is 0 Å². The maximum absolute atomic E-state index is 13.4. The first-order chi connectivity index (χ1) is 15.4. The van der Waals surface area contributed by atoms with Gasteiger partial charge in [-0.1, -0.05) is 41.9 Å². The summed E-state index contributed by atoms with van der Waals surface area (Å²) in [5, 5.41) is 2.94. The van der Waals surface area contributed by atoms with Gasteiger partial charge < -0.3 is 4.74 Å². The highest BCUT2D eigenvalue weighted by Crippen LogP contribution is 2.28. The number of para-hydroxylation sites is 1. The third-order valence-corrected chi connectivity index (χ3v) is 5.19. The molecule has 0 unspecified atom stereocenters. The van der Waals surface area contributed by atoms with Gasteiger partial charge in [0.2, 0.25) is 0 Å². The fourth-order valence-corrected chi connectivity index (χ4v) is 3.64. The molecule has 1 N–H and O–H groups in total. The van der Waals surface area contributed by atoms with E-state index in [9.17, 15) is 14.0 Å². The SMILES string of the molecule is O=C1NC(=S)N(c2ccccc2)C(=O)/C1=C\c1cc(Cl)ccc1OCc1cccc(F)c1. The summed E-state index contributed by atoms with van der Waals surface area (Å²) >= 11 is 11.3. The molecule has 1 aliphatic rings. The average molecular weight is 467 g/mol. The topological polar surface area (TPSA) is 58.6 Å². The van der Waals surface area contributed by atoms with Crippen LogP contribution in [-0.2, 0) is 16.2 Å². The van der Waals surface area contributed by atoms with Crippen molar-refractivity contribution in [2.75, 3.05) is 4.90 Å². The molecule has 0 saturated carbocycles. The molecule has 8 heteroatoms. The number of amides is 2. The van der Waals surface area contributed by atoms with E-state index >= 15 is 0 Å². The highest BCUT2D eigenvalue weighted by Gasteiger charge is 2.34. The zero-order valence-corrected chi connectivity index (χ0v) is 18.1. The predicted octanol–water partition coefficient (Wildman–Crippen LogP) is 4.89. The molecule has 0 bridgehead atoms. The lowest BCUT2D eigenvalue weighted by molar-refractivity contribution is -0.122. The van der Waals surface area contributed by atoms with Gasteiger partial charge >= 0.3 is 0 Å². The number of halogens is 2. The molecule has 0 atom stereocenters. The van der Waals surface area contributed by atoms with Crippen LogP contribution in [0.15, 0.2) is 78.4 Å². The summed E-state index contributed by atoms with van der Waals surface area (Å²) in [6, 6.07) is 19.6. The minimum absolute atomic E-state index is 0.00276. The first kappa shape index (κ1) is 21.7. The van der Waals surface area contributed by atoms with E-state index in [0.29, 0.717) is 27.6 Å². The van der Waals surface area contributed by atoms with Crippen molar-refractivity contribution in [2.45, 2.75) is 6.61 Å². The number of rotatable bonds is 5. The predicted molar refractivity (Wildman–Crippen MR) is 125 cm³/mol. The van der Waals surface area contributed by atoms with E-state index in [1.165, 1.54) is 23.1 Å². The molecule has 1 saturated heterocycles. The Hall–Kier alpha value is -3.55. The largest absolute Gasteiger partial charge is 0.488 e. The van der Waals surface area contributed by atoms with Crippen LogP contribution in [0.25, 0.3) is 6.08 Å². The first-order valence-electron chi connectivity index (χ1n) is 9.55. The number of hydrogen-bond acceptors (Lipinski definition) is 4. The summed E-state index contributed by atoms with van der Waals surface area (Å²) in [6.07, 6.45) is 1.40. The molecule has 1 heterocycles. The Bertz CT molecular complexity index is 1250. The van der Waals surface area contributed by atoms with E-state index in [-0.39, 0.29) is 23.1 Å². The highest BCUT2D eigenvalue weighted by atomic mass is 35.5. The van der Waals surface area contributed by atoms with Crippen LogP contribution in [0.1, 0.15) is 11.1 Å². The van der Waals surface area contributed by atoms with Gasteiger partial charge in [0, 0.05) is 10.6 Å². The third kappa shape index (κ3) is 4.69. The van der Waals surface area contributed by atoms with Crippen LogP contribution in [-0.4, -0.2) is 16.9 Å². The number of carbonyl (C=O) groups excluding carboxylic acids is 2. The molecular weight excluding hydrogens is 451 g/mol.